The number of rotatable bonds is 4. The van der Waals surface area contributed by atoms with Gasteiger partial charge in [0.15, 0.2) is 0 Å². The number of hydrogen-bond acceptors (Lipinski definition) is 2. The van der Waals surface area contributed by atoms with Crippen LogP contribution in [0.25, 0.3) is 0 Å². The smallest absolute Gasteiger partial charge is 0.318 e. The van der Waals surface area contributed by atoms with Crippen LogP contribution in [0.4, 0.5) is 4.79 Å². The third-order valence-corrected chi connectivity index (χ3v) is 6.34. The van der Waals surface area contributed by atoms with Crippen molar-refractivity contribution in [2.24, 2.45) is 17.8 Å². The van der Waals surface area contributed by atoms with Gasteiger partial charge >= 0.3 is 6.03 Å². The van der Waals surface area contributed by atoms with Crippen molar-refractivity contribution in [2.45, 2.75) is 44.6 Å². The number of fused-ring (bicyclic) bond motifs is 1. The van der Waals surface area contributed by atoms with Gasteiger partial charge in [-0.25, -0.2) is 4.79 Å². The normalized spacial score (nSPS) is 30.8. The van der Waals surface area contributed by atoms with E-state index in [1.54, 1.807) is 4.90 Å². The molecule has 0 radical (unpaired) electrons. The Labute approximate surface area is 155 Å². The predicted octanol–water partition coefficient (Wildman–Crippen LogP) is 3.09. The third kappa shape index (κ3) is 3.71. The van der Waals surface area contributed by atoms with Crippen LogP contribution in [-0.4, -0.2) is 36.5 Å². The Morgan fingerprint density at radius 1 is 1.19 bits per heavy atom. The monoisotopic (exact) mass is 355 g/mol. The van der Waals surface area contributed by atoms with Crippen molar-refractivity contribution < 1.29 is 9.59 Å². The van der Waals surface area contributed by atoms with Gasteiger partial charge in [0.2, 0.25) is 5.91 Å². The minimum atomic E-state index is -0.541. The lowest BCUT2D eigenvalue weighted by Crippen LogP contribution is -2.46. The van der Waals surface area contributed by atoms with E-state index >= 15 is 0 Å². The Morgan fingerprint density at radius 2 is 2.04 bits per heavy atom. The van der Waals surface area contributed by atoms with Gasteiger partial charge in [0.25, 0.3) is 0 Å². The Hall–Kier alpha value is -2.04. The molecule has 140 valence electrons. The van der Waals surface area contributed by atoms with Crippen LogP contribution in [0.3, 0.4) is 0 Å². The Balaban J connectivity index is 1.38. The number of nitrogens with one attached hydrogen (secondary N) is 2. The number of nitrogens with zero attached hydrogens (tertiary/aromatic N) is 1. The van der Waals surface area contributed by atoms with Crippen LogP contribution in [0, 0.1) is 17.8 Å². The van der Waals surface area contributed by atoms with Crippen molar-refractivity contribution in [3.8, 4) is 0 Å². The number of urea groups is 1. The van der Waals surface area contributed by atoms with Gasteiger partial charge < -0.3 is 15.5 Å². The largest absolute Gasteiger partial charge is 0.354 e. The van der Waals surface area contributed by atoms with Gasteiger partial charge in [-0.3, -0.25) is 4.79 Å². The molecule has 0 bridgehead atoms. The highest BCUT2D eigenvalue weighted by atomic mass is 16.2. The molecular weight excluding hydrogens is 326 g/mol. The van der Waals surface area contributed by atoms with E-state index in [2.05, 4.69) is 10.6 Å². The lowest BCUT2D eigenvalue weighted by atomic mass is 9.87. The van der Waals surface area contributed by atoms with Crippen LogP contribution < -0.4 is 10.6 Å². The average Bonchev–Trinajstić information content (AvgIpc) is 3.46. The maximum Gasteiger partial charge on any atom is 0.318 e. The summed E-state index contributed by atoms with van der Waals surface area (Å²) in [4.78, 5) is 27.1. The molecule has 5 nitrogen and oxygen atoms in total. The molecule has 4 unspecified atom stereocenters. The molecule has 1 aliphatic heterocycles. The molecule has 1 aromatic carbocycles. The quantitative estimate of drug-likeness (QED) is 0.872. The second-order valence-electron chi connectivity index (χ2n) is 8.02. The van der Waals surface area contributed by atoms with Crippen LogP contribution in [0.1, 0.15) is 50.1 Å². The second kappa shape index (κ2) is 7.68. The topological polar surface area (TPSA) is 61.4 Å². The highest BCUT2D eigenvalue weighted by molar-refractivity contribution is 5.88. The molecule has 2 N–H and O–H groups in total. The molecule has 1 heterocycles. The fourth-order valence-electron chi connectivity index (χ4n) is 4.87. The molecule has 1 aromatic rings. The zero-order chi connectivity index (χ0) is 17.9. The first kappa shape index (κ1) is 17.4. The Kier molecular flexibility index (Phi) is 5.14. The van der Waals surface area contributed by atoms with Crippen molar-refractivity contribution in [2.75, 3.05) is 19.6 Å². The van der Waals surface area contributed by atoms with Crippen LogP contribution in [0.15, 0.2) is 30.3 Å². The maximum absolute atomic E-state index is 12.8. The number of hydrogen-bond donors (Lipinski definition) is 2. The highest BCUT2D eigenvalue weighted by Crippen LogP contribution is 2.53. The summed E-state index contributed by atoms with van der Waals surface area (Å²) in [6.45, 7) is 1.93. The highest BCUT2D eigenvalue weighted by Gasteiger charge is 2.44. The third-order valence-electron chi connectivity index (χ3n) is 6.34. The molecule has 2 aliphatic carbocycles. The molecule has 26 heavy (non-hydrogen) atoms. The van der Waals surface area contributed by atoms with Gasteiger partial charge in [0.1, 0.15) is 6.04 Å². The minimum absolute atomic E-state index is 0.0862. The average molecular weight is 355 g/mol. The fourth-order valence-corrected chi connectivity index (χ4v) is 4.87. The summed E-state index contributed by atoms with van der Waals surface area (Å²) in [5.74, 6) is 2.59. The molecule has 3 aliphatic rings. The standard InChI is InChI=1S/C21H29N3O2/c25-20-19(16-6-2-1-3-7-16)24(13-5-11-22-20)21(26)23-12-10-15-8-4-9-17-14-18(15)17/h1-3,6-7,15,17-19H,4-5,8-14H2,(H,22,25)(H,23,26). The van der Waals surface area contributed by atoms with Crippen LogP contribution in [0.2, 0.25) is 0 Å². The molecule has 4 atom stereocenters. The van der Waals surface area contributed by atoms with E-state index in [1.165, 1.54) is 25.7 Å². The summed E-state index contributed by atoms with van der Waals surface area (Å²) < 4.78 is 0. The molecule has 3 amide bonds. The summed E-state index contributed by atoms with van der Waals surface area (Å²) >= 11 is 0. The van der Waals surface area contributed by atoms with Crippen molar-refractivity contribution >= 4 is 11.9 Å². The van der Waals surface area contributed by atoms with E-state index < -0.39 is 6.04 Å². The van der Waals surface area contributed by atoms with Crippen molar-refractivity contribution in [3.63, 3.8) is 0 Å². The molecule has 1 saturated heterocycles. The summed E-state index contributed by atoms with van der Waals surface area (Å²) in [6, 6.07) is 8.95. The summed E-state index contributed by atoms with van der Waals surface area (Å²) in [5, 5.41) is 6.03. The van der Waals surface area contributed by atoms with E-state index in [4.69, 9.17) is 0 Å². The van der Waals surface area contributed by atoms with E-state index in [0.29, 0.717) is 19.6 Å². The first-order valence-electron chi connectivity index (χ1n) is 10.1. The lowest BCUT2D eigenvalue weighted by molar-refractivity contribution is -0.124. The molecule has 3 fully saturated rings. The zero-order valence-corrected chi connectivity index (χ0v) is 15.3. The first-order valence-corrected chi connectivity index (χ1v) is 10.1. The van der Waals surface area contributed by atoms with Gasteiger partial charge in [-0.2, -0.15) is 0 Å². The molecule has 2 saturated carbocycles. The summed E-state index contributed by atoms with van der Waals surface area (Å²) in [6.07, 6.45) is 7.34. The second-order valence-corrected chi connectivity index (χ2v) is 8.02. The number of carbonyl (C=O) groups is 2. The Morgan fingerprint density at radius 3 is 2.88 bits per heavy atom. The maximum atomic E-state index is 12.8. The van der Waals surface area contributed by atoms with E-state index in [0.717, 1.165) is 36.2 Å². The van der Waals surface area contributed by atoms with Gasteiger partial charge in [0, 0.05) is 19.6 Å². The molecule has 0 aromatic heterocycles. The van der Waals surface area contributed by atoms with E-state index in [-0.39, 0.29) is 11.9 Å². The van der Waals surface area contributed by atoms with Gasteiger partial charge in [0.05, 0.1) is 0 Å². The van der Waals surface area contributed by atoms with Gasteiger partial charge in [-0.15, -0.1) is 0 Å². The fraction of sp³-hybridized carbons (Fsp3) is 0.619. The van der Waals surface area contributed by atoms with Crippen molar-refractivity contribution in [1.29, 1.82) is 0 Å². The predicted molar refractivity (Wildman–Crippen MR) is 100 cm³/mol. The molecular formula is C21H29N3O2. The lowest BCUT2D eigenvalue weighted by Gasteiger charge is -2.29. The van der Waals surface area contributed by atoms with Crippen LogP contribution in [-0.2, 0) is 4.79 Å². The van der Waals surface area contributed by atoms with Crippen molar-refractivity contribution in [3.05, 3.63) is 35.9 Å². The number of amides is 3. The number of carbonyl (C=O) groups excluding carboxylic acids is 2. The zero-order valence-electron chi connectivity index (χ0n) is 15.3. The molecule has 5 heteroatoms. The minimum Gasteiger partial charge on any atom is -0.354 e. The first-order chi connectivity index (χ1) is 12.7. The number of benzene rings is 1. The van der Waals surface area contributed by atoms with Crippen molar-refractivity contribution in [1.82, 2.24) is 15.5 Å². The van der Waals surface area contributed by atoms with Crippen LogP contribution in [0.5, 0.6) is 0 Å². The van der Waals surface area contributed by atoms with Gasteiger partial charge in [-0.05, 0) is 42.6 Å². The van der Waals surface area contributed by atoms with E-state index in [1.807, 2.05) is 30.3 Å². The molecule has 4 rings (SSSR count). The van der Waals surface area contributed by atoms with Gasteiger partial charge in [-0.1, -0.05) is 49.6 Å². The SMILES string of the molecule is O=C1NCCCN(C(=O)NCCC2CCCC3CC23)C1c1ccccc1. The van der Waals surface area contributed by atoms with Crippen LogP contribution >= 0.6 is 0 Å². The Bertz CT molecular complexity index is 648. The van der Waals surface area contributed by atoms with E-state index in [9.17, 15) is 9.59 Å². The summed E-state index contributed by atoms with van der Waals surface area (Å²) in [7, 11) is 0. The molecule has 0 spiro atoms. The summed E-state index contributed by atoms with van der Waals surface area (Å²) in [5.41, 5.74) is 0.871.